The van der Waals surface area contributed by atoms with Crippen LogP contribution in [-0.4, -0.2) is 4.57 Å². The lowest BCUT2D eigenvalue weighted by Crippen LogP contribution is -2.02. The molecule has 1 heterocycles. The molecule has 0 unspecified atom stereocenters. The van der Waals surface area contributed by atoms with Crippen LogP contribution in [0.25, 0.3) is 0 Å². The van der Waals surface area contributed by atoms with Crippen molar-refractivity contribution in [3.05, 3.63) is 51.3 Å². The standard InChI is InChI=1S/C15H13BrN4/c1-10-12(6-13(8-18)20(10)2)9-19-15-4-3-11(7-17)5-14(15)16/h3-6,19H,9H2,1-2H3. The van der Waals surface area contributed by atoms with Crippen LogP contribution in [0.2, 0.25) is 0 Å². The summed E-state index contributed by atoms with van der Waals surface area (Å²) in [5.41, 5.74) is 4.34. The van der Waals surface area contributed by atoms with Gasteiger partial charge in [-0.2, -0.15) is 10.5 Å². The number of benzene rings is 1. The Labute approximate surface area is 126 Å². The molecular weight excluding hydrogens is 316 g/mol. The molecule has 2 rings (SSSR count). The fourth-order valence-electron chi connectivity index (χ4n) is 1.97. The maximum absolute atomic E-state index is 9.01. The van der Waals surface area contributed by atoms with Gasteiger partial charge in [-0.1, -0.05) is 0 Å². The summed E-state index contributed by atoms with van der Waals surface area (Å²) in [7, 11) is 1.88. The molecule has 0 aliphatic carbocycles. The molecule has 0 fully saturated rings. The number of nitrogens with one attached hydrogen (secondary N) is 1. The first-order valence-corrected chi connectivity index (χ1v) is 6.85. The number of halogens is 1. The highest BCUT2D eigenvalue weighted by atomic mass is 79.9. The highest BCUT2D eigenvalue weighted by Crippen LogP contribution is 2.24. The SMILES string of the molecule is Cc1c(CNc2ccc(C#N)cc2Br)cc(C#N)n1C. The van der Waals surface area contributed by atoms with Crippen molar-refractivity contribution in [2.24, 2.45) is 7.05 Å². The van der Waals surface area contributed by atoms with Gasteiger partial charge in [-0.15, -0.1) is 0 Å². The normalized spacial score (nSPS) is 9.85. The second-order valence-corrected chi connectivity index (χ2v) is 5.33. The molecule has 0 spiro atoms. The molecule has 0 saturated heterocycles. The number of nitriles is 2. The van der Waals surface area contributed by atoms with Gasteiger partial charge in [0.25, 0.3) is 0 Å². The van der Waals surface area contributed by atoms with Gasteiger partial charge in [0, 0.05) is 29.4 Å². The first-order valence-electron chi connectivity index (χ1n) is 6.05. The van der Waals surface area contributed by atoms with E-state index in [1.165, 1.54) is 0 Å². The van der Waals surface area contributed by atoms with Crippen LogP contribution in [0.1, 0.15) is 22.5 Å². The zero-order valence-electron chi connectivity index (χ0n) is 11.2. The van der Waals surface area contributed by atoms with Crippen LogP contribution in [0.3, 0.4) is 0 Å². The predicted octanol–water partition coefficient (Wildman–Crippen LogP) is 3.45. The minimum absolute atomic E-state index is 0.616. The van der Waals surface area contributed by atoms with E-state index >= 15 is 0 Å². The highest BCUT2D eigenvalue weighted by Gasteiger charge is 2.09. The Hall–Kier alpha value is -2.24. The van der Waals surface area contributed by atoms with Crippen molar-refractivity contribution in [1.82, 2.24) is 4.57 Å². The van der Waals surface area contributed by atoms with E-state index in [0.29, 0.717) is 17.8 Å². The monoisotopic (exact) mass is 328 g/mol. The van der Waals surface area contributed by atoms with E-state index in [1.54, 1.807) is 12.1 Å². The Balaban J connectivity index is 2.18. The molecule has 4 nitrogen and oxygen atoms in total. The Morgan fingerprint density at radius 3 is 2.55 bits per heavy atom. The summed E-state index contributed by atoms with van der Waals surface area (Å²) in [6.07, 6.45) is 0. The number of anilines is 1. The third kappa shape index (κ3) is 2.68. The van der Waals surface area contributed by atoms with Crippen LogP contribution >= 0.6 is 15.9 Å². The van der Waals surface area contributed by atoms with Gasteiger partial charge in [0.2, 0.25) is 0 Å². The molecule has 0 atom stereocenters. The summed E-state index contributed by atoms with van der Waals surface area (Å²) in [5, 5.41) is 21.2. The topological polar surface area (TPSA) is 64.5 Å². The zero-order chi connectivity index (χ0) is 14.7. The van der Waals surface area contributed by atoms with Crippen molar-refractivity contribution < 1.29 is 0 Å². The van der Waals surface area contributed by atoms with Crippen LogP contribution in [0.5, 0.6) is 0 Å². The van der Waals surface area contributed by atoms with Gasteiger partial charge >= 0.3 is 0 Å². The molecule has 0 radical (unpaired) electrons. The number of nitrogens with zero attached hydrogens (tertiary/aromatic N) is 3. The van der Waals surface area contributed by atoms with E-state index in [0.717, 1.165) is 21.4 Å². The van der Waals surface area contributed by atoms with E-state index in [9.17, 15) is 0 Å². The van der Waals surface area contributed by atoms with Crippen molar-refractivity contribution in [3.63, 3.8) is 0 Å². The largest absolute Gasteiger partial charge is 0.380 e. The van der Waals surface area contributed by atoms with Crippen molar-refractivity contribution >= 4 is 21.6 Å². The lowest BCUT2D eigenvalue weighted by Gasteiger charge is -2.09. The molecule has 0 aliphatic heterocycles. The van der Waals surface area contributed by atoms with Crippen molar-refractivity contribution in [2.75, 3.05) is 5.32 Å². The molecule has 1 aromatic heterocycles. The summed E-state index contributed by atoms with van der Waals surface area (Å²) in [6, 6.07) is 11.6. The van der Waals surface area contributed by atoms with Crippen LogP contribution in [0, 0.1) is 29.6 Å². The second-order valence-electron chi connectivity index (χ2n) is 4.47. The fourth-order valence-corrected chi connectivity index (χ4v) is 2.49. The molecule has 0 amide bonds. The van der Waals surface area contributed by atoms with Gasteiger partial charge in [0.1, 0.15) is 11.8 Å². The smallest absolute Gasteiger partial charge is 0.120 e. The first kappa shape index (κ1) is 14.2. The zero-order valence-corrected chi connectivity index (χ0v) is 12.8. The summed E-state index contributed by atoms with van der Waals surface area (Å²) >= 11 is 3.44. The van der Waals surface area contributed by atoms with E-state index < -0.39 is 0 Å². The Bertz CT molecular complexity index is 732. The van der Waals surface area contributed by atoms with Crippen LogP contribution in [0.4, 0.5) is 5.69 Å². The molecule has 100 valence electrons. The minimum Gasteiger partial charge on any atom is -0.380 e. The molecule has 1 N–H and O–H groups in total. The maximum Gasteiger partial charge on any atom is 0.120 e. The van der Waals surface area contributed by atoms with Gasteiger partial charge in [-0.25, -0.2) is 0 Å². The average molecular weight is 329 g/mol. The van der Waals surface area contributed by atoms with Gasteiger partial charge in [0.05, 0.1) is 11.6 Å². The number of rotatable bonds is 3. The van der Waals surface area contributed by atoms with E-state index in [4.69, 9.17) is 10.5 Å². The molecule has 20 heavy (non-hydrogen) atoms. The van der Waals surface area contributed by atoms with E-state index in [2.05, 4.69) is 33.4 Å². The quantitative estimate of drug-likeness (QED) is 0.938. The Kier molecular flexibility index (Phi) is 4.12. The molecule has 5 heteroatoms. The average Bonchev–Trinajstić information content (AvgIpc) is 2.73. The Morgan fingerprint density at radius 1 is 1.25 bits per heavy atom. The number of hydrogen-bond donors (Lipinski definition) is 1. The van der Waals surface area contributed by atoms with Crippen molar-refractivity contribution in [1.29, 1.82) is 10.5 Å². The van der Waals surface area contributed by atoms with Crippen molar-refractivity contribution in [3.8, 4) is 12.1 Å². The first-order chi connectivity index (χ1) is 9.56. The van der Waals surface area contributed by atoms with E-state index in [-0.39, 0.29) is 0 Å². The van der Waals surface area contributed by atoms with Crippen LogP contribution in [0.15, 0.2) is 28.7 Å². The lowest BCUT2D eigenvalue weighted by atomic mass is 10.2. The third-order valence-electron chi connectivity index (χ3n) is 3.32. The molecular formula is C15H13BrN4. The predicted molar refractivity (Wildman–Crippen MR) is 81.0 cm³/mol. The number of hydrogen-bond acceptors (Lipinski definition) is 3. The summed E-state index contributed by atoms with van der Waals surface area (Å²) in [5.74, 6) is 0. The van der Waals surface area contributed by atoms with Gasteiger partial charge < -0.3 is 9.88 Å². The van der Waals surface area contributed by atoms with Gasteiger partial charge in [0.15, 0.2) is 0 Å². The summed E-state index contributed by atoms with van der Waals surface area (Å²) in [4.78, 5) is 0. The maximum atomic E-state index is 9.01. The third-order valence-corrected chi connectivity index (χ3v) is 3.98. The second kappa shape index (κ2) is 5.81. The van der Waals surface area contributed by atoms with Crippen LogP contribution < -0.4 is 5.32 Å². The van der Waals surface area contributed by atoms with Crippen molar-refractivity contribution in [2.45, 2.75) is 13.5 Å². The highest BCUT2D eigenvalue weighted by molar-refractivity contribution is 9.10. The molecule has 0 bridgehead atoms. The van der Waals surface area contributed by atoms with Gasteiger partial charge in [-0.05, 0) is 52.7 Å². The summed E-state index contributed by atoms with van der Waals surface area (Å²) in [6.45, 7) is 2.62. The van der Waals surface area contributed by atoms with Gasteiger partial charge in [-0.3, -0.25) is 0 Å². The lowest BCUT2D eigenvalue weighted by molar-refractivity contribution is 0.856. The van der Waals surface area contributed by atoms with Crippen LogP contribution in [-0.2, 0) is 13.6 Å². The van der Waals surface area contributed by atoms with E-state index in [1.807, 2.05) is 30.7 Å². The molecule has 2 aromatic rings. The summed E-state index contributed by atoms with van der Waals surface area (Å²) < 4.78 is 2.73. The minimum atomic E-state index is 0.616. The Morgan fingerprint density at radius 2 is 2.00 bits per heavy atom. The molecule has 0 saturated carbocycles. The fraction of sp³-hybridized carbons (Fsp3) is 0.200. The molecule has 0 aliphatic rings. The molecule has 1 aromatic carbocycles. The number of aromatic nitrogens is 1.